The normalized spacial score (nSPS) is 5.00. The minimum atomic E-state index is 0. The number of allylic oxidation sites excluding steroid dienone is 1. The van der Waals surface area contributed by atoms with Crippen LogP contribution in [0.5, 0.6) is 0 Å². The maximum absolute atomic E-state index is 3.47. The third-order valence-corrected chi connectivity index (χ3v) is 0.732. The van der Waals surface area contributed by atoms with Gasteiger partial charge in [0, 0.05) is 11.9 Å². The highest BCUT2D eigenvalue weighted by Crippen LogP contribution is 1.75. The number of hydrogen-bond donors (Lipinski definition) is 0. The molecular weight excluding hydrogens is 175 g/mol. The van der Waals surface area contributed by atoms with E-state index in [2.05, 4.69) is 29.2 Å². The van der Waals surface area contributed by atoms with Crippen molar-refractivity contribution in [2.24, 2.45) is 0 Å². The molecule has 0 spiro atoms. The van der Waals surface area contributed by atoms with Gasteiger partial charge in [-0.3, -0.25) is 0 Å². The van der Waals surface area contributed by atoms with E-state index < -0.39 is 0 Å². The van der Waals surface area contributed by atoms with E-state index >= 15 is 0 Å². The number of hydrogen-bond acceptors (Lipinski definition) is 0. The Bertz CT molecular complexity index is 17.6. The van der Waals surface area contributed by atoms with Gasteiger partial charge in [-0.25, -0.2) is 0 Å². The lowest BCUT2D eigenvalue weighted by Gasteiger charge is -1.55. The summed E-state index contributed by atoms with van der Waals surface area (Å²) in [6.45, 7) is 3.47. The van der Waals surface area contributed by atoms with Crippen molar-refractivity contribution >= 4 is 22.6 Å². The lowest BCUT2D eigenvalue weighted by atomic mass is 10.8. The third-order valence-electron chi connectivity index (χ3n) is 0.109. The van der Waals surface area contributed by atoms with Crippen molar-refractivity contribution in [1.82, 2.24) is 0 Å². The Kier molecular flexibility index (Phi) is 16.0. The molecule has 0 aliphatic carbocycles. The van der Waals surface area contributed by atoms with Crippen LogP contribution in [0.1, 0.15) is 0 Å². The molecule has 0 saturated carbocycles. The molecule has 0 fully saturated rings. The van der Waals surface area contributed by atoms with Crippen LogP contribution in [0.2, 0.25) is 0 Å². The molecular formula is C4H5I. The molecule has 0 bridgehead atoms. The molecule has 5 heavy (non-hydrogen) atoms. The molecule has 0 N–H and O–H groups in total. The fourth-order valence-corrected chi connectivity index (χ4v) is 0. The van der Waals surface area contributed by atoms with Crippen molar-refractivity contribution in [2.75, 3.05) is 4.43 Å². The third kappa shape index (κ3) is 12.6. The maximum Gasteiger partial charge on any atom is 0.0173 e. The molecule has 0 aliphatic rings. The first-order valence-corrected chi connectivity index (χ1v) is 2.61. The lowest BCUT2D eigenvalue weighted by Crippen LogP contribution is -1.43. The highest BCUT2D eigenvalue weighted by molar-refractivity contribution is 14.1. The van der Waals surface area contributed by atoms with Crippen LogP contribution < -0.4 is 0 Å². The van der Waals surface area contributed by atoms with E-state index in [4.69, 9.17) is 0 Å². The van der Waals surface area contributed by atoms with Crippen LogP contribution in [0.4, 0.5) is 0 Å². The fraction of sp³-hybridized carbons (Fsp3) is 0.250. The fourth-order valence-electron chi connectivity index (χ4n) is 0. The highest BCUT2D eigenvalue weighted by atomic mass is 127. The lowest BCUT2D eigenvalue weighted by molar-refractivity contribution is 1.90. The molecule has 0 aromatic carbocycles. The van der Waals surface area contributed by atoms with Crippen molar-refractivity contribution in [2.45, 2.75) is 0 Å². The summed E-state index contributed by atoms with van der Waals surface area (Å²) in [5.41, 5.74) is 0. The van der Waals surface area contributed by atoms with Crippen LogP contribution in [-0.4, -0.2) is 4.43 Å². The Morgan fingerprint density at radius 2 is 2.00 bits per heavy atom. The first-order chi connectivity index (χ1) is 1.91. The van der Waals surface area contributed by atoms with Gasteiger partial charge in [0.2, 0.25) is 0 Å². The Labute approximate surface area is 47.4 Å². The predicted octanol–water partition coefficient (Wildman–Crippen LogP) is 1.69. The van der Waals surface area contributed by atoms with Gasteiger partial charge in [0.25, 0.3) is 0 Å². The van der Waals surface area contributed by atoms with E-state index in [1.807, 2.05) is 6.08 Å². The van der Waals surface area contributed by atoms with Crippen molar-refractivity contribution < 1.29 is 0 Å². The van der Waals surface area contributed by atoms with E-state index in [-0.39, 0.29) is 7.43 Å². The van der Waals surface area contributed by atoms with E-state index in [0.717, 1.165) is 4.43 Å². The first-order valence-electron chi connectivity index (χ1n) is 1.08. The van der Waals surface area contributed by atoms with Crippen molar-refractivity contribution in [3.63, 3.8) is 0 Å². The molecule has 28 valence electrons. The monoisotopic (exact) mass is 180 g/mol. The Balaban J connectivity index is 0. The van der Waals surface area contributed by atoms with E-state index in [1.54, 1.807) is 0 Å². The zero-order valence-electron chi connectivity index (χ0n) is 2.87. The van der Waals surface area contributed by atoms with Crippen LogP contribution in [0.15, 0.2) is 12.7 Å². The summed E-state index contributed by atoms with van der Waals surface area (Å²) in [7, 11) is 0. The SMILES string of the molecule is C=CCI.[C]. The Hall–Kier alpha value is 0.470. The molecule has 0 saturated heterocycles. The second kappa shape index (κ2) is 8.82. The highest BCUT2D eigenvalue weighted by Gasteiger charge is 1.47. The largest absolute Gasteiger partial charge is 0.102 e. The molecule has 1 heteroatoms. The van der Waals surface area contributed by atoms with E-state index in [9.17, 15) is 0 Å². The summed E-state index contributed by atoms with van der Waals surface area (Å²) in [4.78, 5) is 0. The van der Waals surface area contributed by atoms with E-state index in [0.29, 0.717) is 0 Å². The minimum Gasteiger partial charge on any atom is -0.102 e. The Morgan fingerprint density at radius 1 is 1.80 bits per heavy atom. The zero-order chi connectivity index (χ0) is 3.41. The molecule has 0 nitrogen and oxygen atoms in total. The van der Waals surface area contributed by atoms with Crippen LogP contribution in [0, 0.1) is 7.43 Å². The number of rotatable bonds is 1. The summed E-state index contributed by atoms with van der Waals surface area (Å²) in [5, 5.41) is 0. The summed E-state index contributed by atoms with van der Waals surface area (Å²) < 4.78 is 1.05. The van der Waals surface area contributed by atoms with Gasteiger partial charge in [0.15, 0.2) is 0 Å². The number of halogens is 1. The topological polar surface area (TPSA) is 0 Å². The van der Waals surface area contributed by atoms with Crippen LogP contribution in [-0.2, 0) is 0 Å². The van der Waals surface area contributed by atoms with Crippen LogP contribution >= 0.6 is 22.6 Å². The van der Waals surface area contributed by atoms with Crippen LogP contribution in [0.25, 0.3) is 0 Å². The van der Waals surface area contributed by atoms with Gasteiger partial charge in [0.05, 0.1) is 0 Å². The van der Waals surface area contributed by atoms with Gasteiger partial charge in [-0.1, -0.05) is 28.7 Å². The molecule has 0 unspecified atom stereocenters. The van der Waals surface area contributed by atoms with Gasteiger partial charge in [-0.15, -0.1) is 6.58 Å². The average molecular weight is 180 g/mol. The molecule has 0 rings (SSSR count). The quantitative estimate of drug-likeness (QED) is 0.327. The second-order valence-corrected chi connectivity index (χ2v) is 1.32. The van der Waals surface area contributed by atoms with Gasteiger partial charge in [-0.05, 0) is 0 Å². The standard InChI is InChI=1S/C3H5I.C/c1-2-3-4;/h2H,1,3H2;. The zero-order valence-corrected chi connectivity index (χ0v) is 5.03. The molecule has 4 radical (unpaired) electrons. The average Bonchev–Trinajstić information content (AvgIpc) is 1.37. The summed E-state index contributed by atoms with van der Waals surface area (Å²) >= 11 is 2.23. The second-order valence-electron chi connectivity index (χ2n) is 0.443. The molecule has 0 aromatic rings. The molecule has 0 aliphatic heterocycles. The van der Waals surface area contributed by atoms with Crippen molar-refractivity contribution in [1.29, 1.82) is 0 Å². The molecule has 0 atom stereocenters. The van der Waals surface area contributed by atoms with Crippen molar-refractivity contribution in [3.05, 3.63) is 20.1 Å². The predicted molar refractivity (Wildman–Crippen MR) is 32.3 cm³/mol. The minimum absolute atomic E-state index is 0. The van der Waals surface area contributed by atoms with Gasteiger partial charge in [-0.2, -0.15) is 0 Å². The molecule has 0 aromatic heterocycles. The summed E-state index contributed by atoms with van der Waals surface area (Å²) in [6, 6.07) is 0. The molecule has 0 amide bonds. The summed E-state index contributed by atoms with van der Waals surface area (Å²) in [6.07, 6.45) is 1.86. The first kappa shape index (κ1) is 9.08. The van der Waals surface area contributed by atoms with Gasteiger partial charge < -0.3 is 0 Å². The smallest absolute Gasteiger partial charge is 0.0173 e. The van der Waals surface area contributed by atoms with E-state index in [1.165, 1.54) is 0 Å². The van der Waals surface area contributed by atoms with Crippen molar-refractivity contribution in [3.8, 4) is 0 Å². The van der Waals surface area contributed by atoms with Gasteiger partial charge in [0.1, 0.15) is 0 Å². The Morgan fingerprint density at radius 3 is 2.00 bits per heavy atom. The van der Waals surface area contributed by atoms with Crippen LogP contribution in [0.3, 0.4) is 0 Å². The maximum atomic E-state index is 3.47. The molecule has 0 heterocycles. The van der Waals surface area contributed by atoms with Gasteiger partial charge >= 0.3 is 0 Å². The summed E-state index contributed by atoms with van der Waals surface area (Å²) in [5.74, 6) is 0. The number of alkyl halides is 1.